The molecule has 1 N–H and O–H groups in total. The third-order valence-corrected chi connectivity index (χ3v) is 3.54. The average molecular weight is 277 g/mol. The molecule has 20 heavy (non-hydrogen) atoms. The lowest BCUT2D eigenvalue weighted by Gasteiger charge is -2.35. The maximum atomic E-state index is 12.2. The number of carboxylic acids is 1. The van der Waals surface area contributed by atoms with Crippen molar-refractivity contribution in [2.45, 2.75) is 38.1 Å². The zero-order chi connectivity index (χ0) is 14.4. The highest BCUT2D eigenvalue weighted by atomic mass is 16.4. The molecule has 1 amide bonds. The number of furan rings is 1. The first-order valence-electron chi connectivity index (χ1n) is 6.91. The maximum Gasteiger partial charge on any atom is 0.303 e. The smallest absolute Gasteiger partial charge is 0.303 e. The lowest BCUT2D eigenvalue weighted by Crippen LogP contribution is -2.43. The van der Waals surface area contributed by atoms with Gasteiger partial charge in [-0.05, 0) is 43.9 Å². The van der Waals surface area contributed by atoms with Gasteiger partial charge in [0.1, 0.15) is 5.76 Å². The summed E-state index contributed by atoms with van der Waals surface area (Å²) in [6.07, 6.45) is 8.24. The van der Waals surface area contributed by atoms with Crippen LogP contribution in [-0.2, 0) is 9.59 Å². The monoisotopic (exact) mass is 277 g/mol. The van der Waals surface area contributed by atoms with Gasteiger partial charge in [0.05, 0.1) is 6.26 Å². The third kappa shape index (κ3) is 3.98. The van der Waals surface area contributed by atoms with Crippen molar-refractivity contribution in [2.24, 2.45) is 0 Å². The molecular weight excluding hydrogens is 258 g/mol. The van der Waals surface area contributed by atoms with Crippen LogP contribution in [0.4, 0.5) is 0 Å². The number of likely N-dealkylation sites (tertiary alicyclic amines) is 1. The lowest BCUT2D eigenvalue weighted by atomic mass is 9.98. The summed E-state index contributed by atoms with van der Waals surface area (Å²) in [6.45, 7) is 0.700. The van der Waals surface area contributed by atoms with Gasteiger partial charge in [-0.2, -0.15) is 0 Å². The van der Waals surface area contributed by atoms with Crippen LogP contribution in [0, 0.1) is 0 Å². The number of carboxylic acid groups (broad SMARTS) is 1. The molecule has 0 bridgehead atoms. The standard InChI is InChI=1S/C15H19NO4/c17-14(8-7-13-5-3-11-20-13)16-10-2-1-4-12(16)6-9-15(18)19/h3,5,7-8,11-12H,1-2,4,6,9-10H2,(H,18,19)/b8-7-/t12-/m0/s1. The van der Waals surface area contributed by atoms with Gasteiger partial charge in [-0.25, -0.2) is 0 Å². The van der Waals surface area contributed by atoms with E-state index in [4.69, 9.17) is 9.52 Å². The van der Waals surface area contributed by atoms with E-state index in [-0.39, 0.29) is 18.4 Å². The minimum absolute atomic E-state index is 0.0357. The molecule has 1 aliphatic heterocycles. The second kappa shape index (κ2) is 6.93. The van der Waals surface area contributed by atoms with Gasteiger partial charge in [0, 0.05) is 25.1 Å². The normalized spacial score (nSPS) is 19.4. The van der Waals surface area contributed by atoms with Crippen molar-refractivity contribution in [3.05, 3.63) is 30.2 Å². The van der Waals surface area contributed by atoms with Crippen LogP contribution in [0.1, 0.15) is 37.9 Å². The van der Waals surface area contributed by atoms with Crippen molar-refractivity contribution in [1.29, 1.82) is 0 Å². The molecule has 0 saturated carbocycles. The molecule has 1 atom stereocenters. The molecule has 0 aliphatic carbocycles. The summed E-state index contributed by atoms with van der Waals surface area (Å²) in [5, 5.41) is 8.77. The Kier molecular flexibility index (Phi) is 4.98. The Morgan fingerprint density at radius 3 is 3.00 bits per heavy atom. The first-order chi connectivity index (χ1) is 9.66. The number of carbonyl (C=O) groups is 2. The molecule has 2 heterocycles. The first-order valence-corrected chi connectivity index (χ1v) is 6.91. The molecule has 0 unspecified atom stereocenters. The van der Waals surface area contributed by atoms with Crippen LogP contribution in [0.5, 0.6) is 0 Å². The van der Waals surface area contributed by atoms with Crippen molar-refractivity contribution < 1.29 is 19.1 Å². The predicted octanol–water partition coefficient (Wildman–Crippen LogP) is 2.54. The Morgan fingerprint density at radius 1 is 1.45 bits per heavy atom. The fourth-order valence-corrected chi connectivity index (χ4v) is 2.52. The number of nitrogens with zero attached hydrogens (tertiary/aromatic N) is 1. The van der Waals surface area contributed by atoms with E-state index in [2.05, 4.69) is 0 Å². The highest BCUT2D eigenvalue weighted by Crippen LogP contribution is 2.21. The molecule has 5 nitrogen and oxygen atoms in total. The largest absolute Gasteiger partial charge is 0.481 e. The van der Waals surface area contributed by atoms with Gasteiger partial charge in [0.15, 0.2) is 0 Å². The van der Waals surface area contributed by atoms with Crippen molar-refractivity contribution in [3.8, 4) is 0 Å². The molecular formula is C15H19NO4. The summed E-state index contributed by atoms with van der Waals surface area (Å²) in [5.41, 5.74) is 0. The molecule has 5 heteroatoms. The molecule has 1 aromatic rings. The van der Waals surface area contributed by atoms with Gasteiger partial charge in [0.2, 0.25) is 5.91 Å². The summed E-state index contributed by atoms with van der Waals surface area (Å²) in [7, 11) is 0. The van der Waals surface area contributed by atoms with E-state index >= 15 is 0 Å². The molecule has 1 saturated heterocycles. The van der Waals surface area contributed by atoms with Crippen molar-refractivity contribution in [2.75, 3.05) is 6.54 Å². The number of amides is 1. The maximum absolute atomic E-state index is 12.2. The summed E-state index contributed by atoms with van der Waals surface area (Å²) in [5.74, 6) is -0.247. The summed E-state index contributed by atoms with van der Waals surface area (Å²) < 4.78 is 5.14. The van der Waals surface area contributed by atoms with Crippen LogP contribution in [-0.4, -0.2) is 34.5 Å². The second-order valence-electron chi connectivity index (χ2n) is 4.96. The molecule has 1 fully saturated rings. The average Bonchev–Trinajstić information content (AvgIpc) is 2.96. The Labute approximate surface area is 117 Å². The van der Waals surface area contributed by atoms with E-state index in [1.54, 1.807) is 29.4 Å². The molecule has 0 radical (unpaired) electrons. The topological polar surface area (TPSA) is 70.8 Å². The van der Waals surface area contributed by atoms with Crippen LogP contribution >= 0.6 is 0 Å². The lowest BCUT2D eigenvalue weighted by molar-refractivity contribution is -0.138. The summed E-state index contributed by atoms with van der Waals surface area (Å²) in [4.78, 5) is 24.7. The summed E-state index contributed by atoms with van der Waals surface area (Å²) >= 11 is 0. The Bertz CT molecular complexity index is 478. The van der Waals surface area contributed by atoms with Gasteiger partial charge >= 0.3 is 5.97 Å². The minimum atomic E-state index is -0.811. The SMILES string of the molecule is O=C(O)CC[C@@H]1CCCCN1C(=O)/C=C\c1ccco1. The van der Waals surface area contributed by atoms with Gasteiger partial charge in [-0.15, -0.1) is 0 Å². The first kappa shape index (κ1) is 14.4. The Balaban J connectivity index is 1.96. The predicted molar refractivity (Wildman–Crippen MR) is 74.0 cm³/mol. The number of carbonyl (C=O) groups excluding carboxylic acids is 1. The molecule has 0 spiro atoms. The fourth-order valence-electron chi connectivity index (χ4n) is 2.52. The van der Waals surface area contributed by atoms with Gasteiger partial charge in [-0.1, -0.05) is 0 Å². The second-order valence-corrected chi connectivity index (χ2v) is 4.96. The van der Waals surface area contributed by atoms with E-state index in [0.29, 0.717) is 18.7 Å². The van der Waals surface area contributed by atoms with Crippen LogP contribution in [0.25, 0.3) is 6.08 Å². The zero-order valence-corrected chi connectivity index (χ0v) is 11.3. The zero-order valence-electron chi connectivity index (χ0n) is 11.3. The van der Waals surface area contributed by atoms with Crippen molar-refractivity contribution >= 4 is 18.0 Å². The summed E-state index contributed by atoms with van der Waals surface area (Å²) in [6, 6.07) is 3.58. The highest BCUT2D eigenvalue weighted by Gasteiger charge is 2.25. The Hall–Kier alpha value is -2.04. The van der Waals surface area contributed by atoms with Crippen LogP contribution in [0.2, 0.25) is 0 Å². The molecule has 108 valence electrons. The van der Waals surface area contributed by atoms with E-state index in [0.717, 1.165) is 19.3 Å². The van der Waals surface area contributed by atoms with Crippen LogP contribution in [0.15, 0.2) is 28.9 Å². The highest BCUT2D eigenvalue weighted by molar-refractivity contribution is 5.91. The molecule has 2 rings (SSSR count). The van der Waals surface area contributed by atoms with Crippen molar-refractivity contribution in [1.82, 2.24) is 4.90 Å². The van der Waals surface area contributed by atoms with Crippen molar-refractivity contribution in [3.63, 3.8) is 0 Å². The van der Waals surface area contributed by atoms with Gasteiger partial charge in [0.25, 0.3) is 0 Å². The van der Waals surface area contributed by atoms with Crippen LogP contribution < -0.4 is 0 Å². The fraction of sp³-hybridized carbons (Fsp3) is 0.467. The third-order valence-electron chi connectivity index (χ3n) is 3.54. The van der Waals surface area contributed by atoms with E-state index < -0.39 is 5.97 Å². The van der Waals surface area contributed by atoms with E-state index in [9.17, 15) is 9.59 Å². The molecule has 0 aromatic carbocycles. The van der Waals surface area contributed by atoms with Crippen LogP contribution in [0.3, 0.4) is 0 Å². The van der Waals surface area contributed by atoms with E-state index in [1.165, 1.54) is 6.08 Å². The molecule has 1 aromatic heterocycles. The number of piperidine rings is 1. The Morgan fingerprint density at radius 2 is 2.30 bits per heavy atom. The minimum Gasteiger partial charge on any atom is -0.481 e. The number of rotatable bonds is 5. The molecule has 1 aliphatic rings. The number of hydrogen-bond acceptors (Lipinski definition) is 3. The van der Waals surface area contributed by atoms with Gasteiger partial charge < -0.3 is 14.4 Å². The number of hydrogen-bond donors (Lipinski definition) is 1. The van der Waals surface area contributed by atoms with Gasteiger partial charge in [-0.3, -0.25) is 9.59 Å². The quantitative estimate of drug-likeness (QED) is 0.840. The van der Waals surface area contributed by atoms with E-state index in [1.807, 2.05) is 0 Å². The number of aliphatic carboxylic acids is 1.